The molecule has 1 heterocycles. The number of rotatable bonds is 0. The average molecular weight is 231 g/mol. The number of aromatic nitrogens is 1. The number of hydrogen-bond donors (Lipinski definition) is 0. The van der Waals surface area contributed by atoms with Crippen LogP contribution in [0, 0.1) is 13.0 Å². The first-order chi connectivity index (χ1) is 5.38. The Labute approximate surface area is 97.1 Å². The van der Waals surface area contributed by atoms with Gasteiger partial charge in [-0.15, -0.1) is 10.8 Å². The molecule has 0 saturated carbocycles. The van der Waals surface area contributed by atoms with Gasteiger partial charge in [-0.2, -0.15) is 24.3 Å². The van der Waals surface area contributed by atoms with Crippen molar-refractivity contribution in [3.05, 3.63) is 42.2 Å². The number of benzene rings is 1. The molecule has 1 radical (unpaired) electrons. The first-order valence-corrected chi connectivity index (χ1v) is 3.58. The van der Waals surface area contributed by atoms with E-state index in [1.807, 2.05) is 30.6 Å². The molecule has 0 fully saturated rings. The Bertz CT molecular complexity index is 379. The van der Waals surface area contributed by atoms with Crippen molar-refractivity contribution in [1.82, 2.24) is 4.98 Å². The summed E-state index contributed by atoms with van der Waals surface area (Å²) in [4.78, 5) is 4.10. The third-order valence-electron chi connectivity index (χ3n) is 1.80. The van der Waals surface area contributed by atoms with Gasteiger partial charge in [0.1, 0.15) is 0 Å². The van der Waals surface area contributed by atoms with E-state index >= 15 is 0 Å². The van der Waals surface area contributed by atoms with E-state index in [4.69, 9.17) is 0 Å². The molecule has 0 aliphatic heterocycles. The quantitative estimate of drug-likeness (QED) is 0.634. The molecule has 2 rings (SSSR count). The largest absolute Gasteiger partial charge is 0.267 e. The molecule has 1 nitrogen and oxygen atoms in total. The van der Waals surface area contributed by atoms with E-state index in [2.05, 4.69) is 18.0 Å². The molecule has 1 aromatic carbocycles. The van der Waals surface area contributed by atoms with Gasteiger partial charge in [0, 0.05) is 45.1 Å². The van der Waals surface area contributed by atoms with Crippen LogP contribution in [0.2, 0.25) is 0 Å². The maximum atomic E-state index is 4.10. The molecule has 0 spiro atoms. The van der Waals surface area contributed by atoms with E-state index in [-0.39, 0.29) is 32.7 Å². The fourth-order valence-electron chi connectivity index (χ4n) is 1.20. The first kappa shape index (κ1) is 9.82. The molecule has 0 unspecified atom stereocenters. The fraction of sp³-hybridized carbons (Fsp3) is 0.100. The van der Waals surface area contributed by atoms with Crippen LogP contribution in [0.5, 0.6) is 0 Å². The van der Waals surface area contributed by atoms with Crippen LogP contribution in [-0.4, -0.2) is 4.98 Å². The molecule has 0 bridgehead atoms. The van der Waals surface area contributed by atoms with Crippen LogP contribution in [-0.2, 0) is 32.7 Å². The maximum absolute atomic E-state index is 4.10. The molecule has 0 aliphatic rings. The van der Waals surface area contributed by atoms with Gasteiger partial charge in [0.2, 0.25) is 0 Å². The van der Waals surface area contributed by atoms with Crippen molar-refractivity contribution in [3.63, 3.8) is 0 Å². The zero-order chi connectivity index (χ0) is 7.68. The van der Waals surface area contributed by atoms with Crippen LogP contribution in [0.4, 0.5) is 0 Å². The zero-order valence-corrected chi connectivity index (χ0v) is 9.75. The average Bonchev–Trinajstić information content (AvgIpc) is 2.06. The Morgan fingerprint density at radius 1 is 1.33 bits per heavy atom. The minimum absolute atomic E-state index is 0. The van der Waals surface area contributed by atoms with E-state index in [0.29, 0.717) is 0 Å². The number of nitrogens with zero attached hydrogens (tertiary/aromatic N) is 1. The standard InChI is InChI=1S/C10H8N.Y/c1-8-6-11-7-9-4-2-3-5-10(8)9;/h2,4-7H,1H3;/q-1;. The van der Waals surface area contributed by atoms with Crippen LogP contribution in [0.1, 0.15) is 5.56 Å². The van der Waals surface area contributed by atoms with E-state index in [1.54, 1.807) is 0 Å². The predicted molar refractivity (Wildman–Crippen MR) is 45.3 cm³/mol. The van der Waals surface area contributed by atoms with Crippen LogP contribution in [0.15, 0.2) is 30.6 Å². The molecular weight excluding hydrogens is 223 g/mol. The van der Waals surface area contributed by atoms with Crippen LogP contribution >= 0.6 is 0 Å². The fourth-order valence-corrected chi connectivity index (χ4v) is 1.20. The summed E-state index contributed by atoms with van der Waals surface area (Å²) in [7, 11) is 0. The number of hydrogen-bond acceptors (Lipinski definition) is 1. The van der Waals surface area contributed by atoms with Gasteiger partial charge < -0.3 is 0 Å². The summed E-state index contributed by atoms with van der Waals surface area (Å²) in [6.07, 6.45) is 3.74. The van der Waals surface area contributed by atoms with Crippen molar-refractivity contribution in [2.75, 3.05) is 0 Å². The van der Waals surface area contributed by atoms with Crippen molar-refractivity contribution >= 4 is 10.8 Å². The van der Waals surface area contributed by atoms with Gasteiger partial charge in [-0.05, 0) is 6.92 Å². The van der Waals surface area contributed by atoms with Crippen molar-refractivity contribution in [1.29, 1.82) is 0 Å². The molecular formula is C10H8NY-. The first-order valence-electron chi connectivity index (χ1n) is 3.58. The molecule has 1 aromatic heterocycles. The molecule has 0 saturated heterocycles. The summed E-state index contributed by atoms with van der Waals surface area (Å²) in [6, 6.07) is 8.97. The number of aryl methyl sites for hydroxylation is 1. The minimum Gasteiger partial charge on any atom is -0.267 e. The van der Waals surface area contributed by atoms with Crippen LogP contribution in [0.25, 0.3) is 10.8 Å². The smallest absolute Gasteiger partial charge is 0.0181 e. The van der Waals surface area contributed by atoms with Crippen molar-refractivity contribution in [2.45, 2.75) is 6.92 Å². The van der Waals surface area contributed by atoms with Gasteiger partial charge in [0.15, 0.2) is 0 Å². The second-order valence-corrected chi connectivity index (χ2v) is 2.60. The summed E-state index contributed by atoms with van der Waals surface area (Å²) in [5.41, 5.74) is 1.21. The molecule has 2 heteroatoms. The van der Waals surface area contributed by atoms with Gasteiger partial charge in [-0.3, -0.25) is 4.98 Å². The number of pyridine rings is 1. The minimum atomic E-state index is 0. The van der Waals surface area contributed by atoms with Crippen LogP contribution in [0.3, 0.4) is 0 Å². The molecule has 0 amide bonds. The summed E-state index contributed by atoms with van der Waals surface area (Å²) >= 11 is 0. The SMILES string of the molecule is Cc1cncc2cc[c-]cc12.[Y]. The van der Waals surface area contributed by atoms with Gasteiger partial charge in [0.05, 0.1) is 0 Å². The zero-order valence-electron chi connectivity index (χ0n) is 6.91. The van der Waals surface area contributed by atoms with E-state index in [1.165, 1.54) is 16.3 Å². The van der Waals surface area contributed by atoms with Gasteiger partial charge in [0.25, 0.3) is 0 Å². The Hall–Kier alpha value is -0.266. The monoisotopic (exact) mass is 231 g/mol. The summed E-state index contributed by atoms with van der Waals surface area (Å²) in [6.45, 7) is 2.06. The van der Waals surface area contributed by atoms with Gasteiger partial charge >= 0.3 is 0 Å². The van der Waals surface area contributed by atoms with E-state index < -0.39 is 0 Å². The second kappa shape index (κ2) is 4.11. The third-order valence-corrected chi connectivity index (χ3v) is 1.80. The summed E-state index contributed by atoms with van der Waals surface area (Å²) in [5, 5.41) is 2.42. The molecule has 0 N–H and O–H groups in total. The Balaban J connectivity index is 0.000000720. The Morgan fingerprint density at radius 3 is 2.92 bits per heavy atom. The Morgan fingerprint density at radius 2 is 2.17 bits per heavy atom. The normalized spacial score (nSPS) is 9.42. The van der Waals surface area contributed by atoms with E-state index in [0.717, 1.165) is 0 Å². The molecule has 57 valence electrons. The van der Waals surface area contributed by atoms with E-state index in [9.17, 15) is 0 Å². The maximum Gasteiger partial charge on any atom is 0.0181 e. The van der Waals surface area contributed by atoms with Gasteiger partial charge in [-0.1, -0.05) is 5.56 Å². The topological polar surface area (TPSA) is 12.9 Å². The molecule has 0 aliphatic carbocycles. The molecule has 0 atom stereocenters. The predicted octanol–water partition coefficient (Wildman–Crippen LogP) is 2.34. The Kier molecular flexibility index (Phi) is 3.36. The third kappa shape index (κ3) is 1.73. The second-order valence-electron chi connectivity index (χ2n) is 2.60. The van der Waals surface area contributed by atoms with Crippen molar-refractivity contribution in [3.8, 4) is 0 Å². The van der Waals surface area contributed by atoms with Crippen LogP contribution < -0.4 is 0 Å². The van der Waals surface area contributed by atoms with Crippen molar-refractivity contribution in [2.24, 2.45) is 0 Å². The summed E-state index contributed by atoms with van der Waals surface area (Å²) < 4.78 is 0. The van der Waals surface area contributed by atoms with Crippen molar-refractivity contribution < 1.29 is 32.7 Å². The molecule has 12 heavy (non-hydrogen) atoms. The summed E-state index contributed by atoms with van der Waals surface area (Å²) in [5.74, 6) is 0. The van der Waals surface area contributed by atoms with Gasteiger partial charge in [-0.25, -0.2) is 0 Å². The number of fused-ring (bicyclic) bond motifs is 1. The molecule has 2 aromatic rings.